The summed E-state index contributed by atoms with van der Waals surface area (Å²) in [5, 5.41) is 4.19. The number of nitrogens with zero attached hydrogens (tertiary/aromatic N) is 2. The predicted molar refractivity (Wildman–Crippen MR) is 79.3 cm³/mol. The molecule has 0 amide bonds. The first kappa shape index (κ1) is 13.2. The zero-order valence-corrected chi connectivity index (χ0v) is 12.1. The van der Waals surface area contributed by atoms with E-state index in [1.165, 1.54) is 19.3 Å². The van der Waals surface area contributed by atoms with Gasteiger partial charge in [-0.2, -0.15) is 4.98 Å². The summed E-state index contributed by atoms with van der Waals surface area (Å²) in [6.45, 7) is 4.28. The minimum atomic E-state index is 0.442. The lowest BCUT2D eigenvalue weighted by atomic mass is 9.82. The third kappa shape index (κ3) is 2.42. The van der Waals surface area contributed by atoms with E-state index in [1.54, 1.807) is 0 Å². The van der Waals surface area contributed by atoms with Gasteiger partial charge in [-0.1, -0.05) is 31.0 Å². The fourth-order valence-corrected chi connectivity index (χ4v) is 3.06. The Labute approximate surface area is 119 Å². The largest absolute Gasteiger partial charge is 0.398 e. The second kappa shape index (κ2) is 5.27. The Hall–Kier alpha value is -1.84. The molecule has 2 unspecified atom stereocenters. The fourth-order valence-electron chi connectivity index (χ4n) is 3.06. The van der Waals surface area contributed by atoms with Crippen LogP contribution in [-0.2, 0) is 0 Å². The summed E-state index contributed by atoms with van der Waals surface area (Å²) in [5.74, 6) is 2.64. The summed E-state index contributed by atoms with van der Waals surface area (Å²) in [4.78, 5) is 4.61. The maximum atomic E-state index is 5.94. The minimum Gasteiger partial charge on any atom is -0.398 e. The molecule has 2 atom stereocenters. The summed E-state index contributed by atoms with van der Waals surface area (Å²) in [5.41, 5.74) is 8.63. The molecule has 0 radical (unpaired) electrons. The van der Waals surface area contributed by atoms with Crippen molar-refractivity contribution in [2.24, 2.45) is 5.92 Å². The Morgan fingerprint density at radius 1 is 1.30 bits per heavy atom. The lowest BCUT2D eigenvalue weighted by molar-refractivity contribution is 0.324. The van der Waals surface area contributed by atoms with Crippen molar-refractivity contribution >= 4 is 5.69 Å². The average molecular weight is 271 g/mol. The molecule has 1 aromatic carbocycles. The van der Waals surface area contributed by atoms with Crippen LogP contribution in [0.4, 0.5) is 5.69 Å². The third-order valence-corrected chi connectivity index (χ3v) is 4.35. The molecule has 3 rings (SSSR count). The van der Waals surface area contributed by atoms with Gasteiger partial charge in [0.2, 0.25) is 0 Å². The van der Waals surface area contributed by atoms with Crippen LogP contribution in [0, 0.1) is 12.8 Å². The summed E-state index contributed by atoms with van der Waals surface area (Å²) >= 11 is 0. The molecule has 0 bridgehead atoms. The third-order valence-electron chi connectivity index (χ3n) is 4.35. The average Bonchev–Trinajstić information content (AvgIpc) is 2.91. The molecule has 4 nitrogen and oxygen atoms in total. The number of hydrogen-bond acceptors (Lipinski definition) is 4. The molecule has 106 valence electrons. The topological polar surface area (TPSA) is 64.9 Å². The van der Waals surface area contributed by atoms with E-state index in [-0.39, 0.29) is 0 Å². The molecule has 1 heterocycles. The van der Waals surface area contributed by atoms with Crippen molar-refractivity contribution in [2.45, 2.75) is 45.4 Å². The van der Waals surface area contributed by atoms with E-state index in [9.17, 15) is 0 Å². The molecule has 0 saturated heterocycles. The number of anilines is 1. The van der Waals surface area contributed by atoms with E-state index < -0.39 is 0 Å². The summed E-state index contributed by atoms with van der Waals surface area (Å²) < 4.78 is 5.46. The number of nitrogens with two attached hydrogens (primary N) is 1. The van der Waals surface area contributed by atoms with Crippen LogP contribution in [0.3, 0.4) is 0 Å². The second-order valence-electron chi connectivity index (χ2n) is 5.95. The molecule has 20 heavy (non-hydrogen) atoms. The normalized spacial score (nSPS) is 22.9. The number of rotatable bonds is 2. The lowest BCUT2D eigenvalue weighted by Crippen LogP contribution is -2.12. The molecule has 1 aliphatic carbocycles. The molecule has 0 aliphatic heterocycles. The number of aromatic nitrogens is 2. The molecule has 2 aromatic rings. The minimum absolute atomic E-state index is 0.442. The van der Waals surface area contributed by atoms with E-state index >= 15 is 0 Å². The standard InChI is InChI=1S/C16H21N3O/c1-10-5-3-6-12(9-10)15-18-16(20-19-15)13-7-4-8-14(17)11(13)2/h4,7-8,10,12H,3,5-6,9,17H2,1-2H3. The Kier molecular flexibility index (Phi) is 3.47. The maximum absolute atomic E-state index is 5.94. The SMILES string of the molecule is Cc1c(N)cccc1-c1nc(C2CCCC(C)C2)no1. The van der Waals surface area contributed by atoms with Crippen LogP contribution < -0.4 is 5.73 Å². The van der Waals surface area contributed by atoms with Gasteiger partial charge >= 0.3 is 0 Å². The monoisotopic (exact) mass is 271 g/mol. The quantitative estimate of drug-likeness (QED) is 0.841. The van der Waals surface area contributed by atoms with Gasteiger partial charge in [0.15, 0.2) is 5.82 Å². The molecule has 4 heteroatoms. The van der Waals surface area contributed by atoms with Crippen molar-refractivity contribution in [3.63, 3.8) is 0 Å². The van der Waals surface area contributed by atoms with Crippen molar-refractivity contribution in [1.29, 1.82) is 0 Å². The fraction of sp³-hybridized carbons (Fsp3) is 0.500. The van der Waals surface area contributed by atoms with Crippen molar-refractivity contribution < 1.29 is 4.52 Å². The van der Waals surface area contributed by atoms with E-state index in [1.807, 2.05) is 25.1 Å². The van der Waals surface area contributed by atoms with Gasteiger partial charge in [0.05, 0.1) is 0 Å². The molecular weight excluding hydrogens is 250 g/mol. The molecule has 1 aromatic heterocycles. The number of nitrogen functional groups attached to an aromatic ring is 1. The zero-order chi connectivity index (χ0) is 14.1. The summed E-state index contributed by atoms with van der Waals surface area (Å²) in [7, 11) is 0. The van der Waals surface area contributed by atoms with Gasteiger partial charge in [-0.05, 0) is 43.4 Å². The van der Waals surface area contributed by atoms with Crippen molar-refractivity contribution in [3.05, 3.63) is 29.6 Å². The van der Waals surface area contributed by atoms with E-state index in [0.29, 0.717) is 11.8 Å². The van der Waals surface area contributed by atoms with Crippen molar-refractivity contribution in [3.8, 4) is 11.5 Å². The first-order valence-electron chi connectivity index (χ1n) is 7.34. The van der Waals surface area contributed by atoms with Crippen molar-refractivity contribution in [1.82, 2.24) is 10.1 Å². The predicted octanol–water partition coefficient (Wildman–Crippen LogP) is 3.92. The smallest absolute Gasteiger partial charge is 0.258 e. The van der Waals surface area contributed by atoms with Gasteiger partial charge in [-0.3, -0.25) is 0 Å². The zero-order valence-electron chi connectivity index (χ0n) is 12.1. The van der Waals surface area contributed by atoms with Crippen LogP contribution in [0.15, 0.2) is 22.7 Å². The van der Waals surface area contributed by atoms with Crippen LogP contribution in [0.5, 0.6) is 0 Å². The molecular formula is C16H21N3O. The summed E-state index contributed by atoms with van der Waals surface area (Å²) in [6, 6.07) is 5.79. The van der Waals surface area contributed by atoms with E-state index in [4.69, 9.17) is 10.3 Å². The Morgan fingerprint density at radius 2 is 2.15 bits per heavy atom. The van der Waals surface area contributed by atoms with Gasteiger partial charge in [-0.15, -0.1) is 0 Å². The van der Waals surface area contributed by atoms with Gasteiger partial charge in [0.25, 0.3) is 5.89 Å². The van der Waals surface area contributed by atoms with Crippen LogP contribution in [-0.4, -0.2) is 10.1 Å². The highest BCUT2D eigenvalue weighted by molar-refractivity contribution is 5.66. The Morgan fingerprint density at radius 3 is 2.95 bits per heavy atom. The lowest BCUT2D eigenvalue weighted by Gasteiger charge is -2.23. The highest BCUT2D eigenvalue weighted by Gasteiger charge is 2.25. The molecule has 1 saturated carbocycles. The van der Waals surface area contributed by atoms with Crippen molar-refractivity contribution in [2.75, 3.05) is 5.73 Å². The van der Waals surface area contributed by atoms with Gasteiger partial charge in [-0.25, -0.2) is 0 Å². The Bertz CT molecular complexity index is 606. The number of hydrogen-bond donors (Lipinski definition) is 1. The Balaban J connectivity index is 1.88. The highest BCUT2D eigenvalue weighted by Crippen LogP contribution is 2.35. The molecule has 1 aliphatic rings. The van der Waals surface area contributed by atoms with Crippen LogP contribution in [0.25, 0.3) is 11.5 Å². The number of benzene rings is 1. The first-order chi connectivity index (χ1) is 9.65. The second-order valence-corrected chi connectivity index (χ2v) is 5.95. The van der Waals surface area contributed by atoms with Gasteiger partial charge in [0, 0.05) is 17.2 Å². The van der Waals surface area contributed by atoms with Crippen LogP contribution in [0.1, 0.15) is 49.9 Å². The van der Waals surface area contributed by atoms with Crippen LogP contribution >= 0.6 is 0 Å². The first-order valence-corrected chi connectivity index (χ1v) is 7.34. The molecule has 2 N–H and O–H groups in total. The van der Waals surface area contributed by atoms with E-state index in [0.717, 1.165) is 35.0 Å². The molecule has 0 spiro atoms. The maximum Gasteiger partial charge on any atom is 0.258 e. The molecule has 1 fully saturated rings. The van der Waals surface area contributed by atoms with Crippen LogP contribution in [0.2, 0.25) is 0 Å². The van der Waals surface area contributed by atoms with Gasteiger partial charge in [0.1, 0.15) is 0 Å². The van der Waals surface area contributed by atoms with Gasteiger partial charge < -0.3 is 10.3 Å². The summed E-state index contributed by atoms with van der Waals surface area (Å²) in [6.07, 6.45) is 4.90. The van der Waals surface area contributed by atoms with E-state index in [2.05, 4.69) is 17.1 Å². The highest BCUT2D eigenvalue weighted by atomic mass is 16.5.